The van der Waals surface area contributed by atoms with E-state index in [4.69, 9.17) is 0 Å². The number of nitrogens with zero attached hydrogens (tertiary/aromatic N) is 3. The van der Waals surface area contributed by atoms with Crippen molar-refractivity contribution in [1.82, 2.24) is 20.4 Å². The number of rotatable bonds is 6. The normalized spacial score (nSPS) is 17.4. The van der Waals surface area contributed by atoms with Gasteiger partial charge >= 0.3 is 0 Å². The summed E-state index contributed by atoms with van der Waals surface area (Å²) in [6.45, 7) is -0.218. The lowest BCUT2D eigenvalue weighted by Crippen LogP contribution is -2.42. The van der Waals surface area contributed by atoms with Gasteiger partial charge in [0.25, 0.3) is 5.91 Å². The zero-order valence-corrected chi connectivity index (χ0v) is 17.3. The van der Waals surface area contributed by atoms with Gasteiger partial charge in [-0.2, -0.15) is 0 Å². The summed E-state index contributed by atoms with van der Waals surface area (Å²) in [5.74, 6) is -0.882. The summed E-state index contributed by atoms with van der Waals surface area (Å²) < 4.78 is 0. The highest BCUT2D eigenvalue weighted by molar-refractivity contribution is 7.18. The molecule has 1 atom stereocenters. The Morgan fingerprint density at radius 3 is 2.55 bits per heavy atom. The van der Waals surface area contributed by atoms with E-state index in [-0.39, 0.29) is 24.4 Å². The fourth-order valence-electron chi connectivity index (χ4n) is 3.73. The number of benzene rings is 2. The fourth-order valence-corrected chi connectivity index (χ4v) is 4.50. The molecule has 1 aliphatic carbocycles. The first-order valence-corrected chi connectivity index (χ1v) is 10.8. The van der Waals surface area contributed by atoms with Crippen LogP contribution in [0, 0.1) is 0 Å². The molecule has 156 valence electrons. The van der Waals surface area contributed by atoms with Crippen LogP contribution in [0.2, 0.25) is 0 Å². The number of anilines is 1. The molecule has 0 spiro atoms. The van der Waals surface area contributed by atoms with Crippen LogP contribution in [0.3, 0.4) is 0 Å². The Hall–Kier alpha value is -3.59. The largest absolute Gasteiger partial charge is 0.345 e. The second kappa shape index (κ2) is 7.92. The Morgan fingerprint density at radius 1 is 1.03 bits per heavy atom. The first kappa shape index (κ1) is 19.4. The summed E-state index contributed by atoms with van der Waals surface area (Å²) >= 11 is 1.26. The maximum absolute atomic E-state index is 12.9. The quantitative estimate of drug-likeness (QED) is 0.622. The molecule has 5 rings (SSSR count). The van der Waals surface area contributed by atoms with Gasteiger partial charge < -0.3 is 10.2 Å². The summed E-state index contributed by atoms with van der Waals surface area (Å²) in [5.41, 5.74) is 2.16. The van der Waals surface area contributed by atoms with Gasteiger partial charge in [-0.05, 0) is 24.5 Å². The van der Waals surface area contributed by atoms with E-state index in [2.05, 4.69) is 20.8 Å². The second-order valence-electron chi connectivity index (χ2n) is 7.48. The fraction of sp³-hybridized carbons (Fsp3) is 0.227. The molecule has 1 fully saturated rings. The summed E-state index contributed by atoms with van der Waals surface area (Å²) in [6.07, 6.45) is 1.79. The monoisotopic (exact) mass is 433 g/mol. The van der Waals surface area contributed by atoms with E-state index < -0.39 is 11.9 Å². The van der Waals surface area contributed by atoms with E-state index in [0.29, 0.717) is 21.3 Å². The van der Waals surface area contributed by atoms with Crippen LogP contribution >= 0.6 is 11.3 Å². The Kier molecular flexibility index (Phi) is 4.95. The van der Waals surface area contributed by atoms with Crippen LogP contribution in [-0.2, 0) is 9.59 Å². The molecule has 3 aromatic rings. The molecule has 2 aromatic carbocycles. The number of fused-ring (bicyclic) bond motifs is 1. The van der Waals surface area contributed by atoms with Crippen molar-refractivity contribution in [3.8, 4) is 10.6 Å². The van der Waals surface area contributed by atoms with Crippen LogP contribution < -0.4 is 10.6 Å². The molecule has 2 heterocycles. The van der Waals surface area contributed by atoms with Crippen LogP contribution in [0.25, 0.3) is 10.6 Å². The molecule has 0 saturated heterocycles. The van der Waals surface area contributed by atoms with Gasteiger partial charge in [-0.3, -0.25) is 19.7 Å². The molecule has 1 unspecified atom stereocenters. The van der Waals surface area contributed by atoms with Gasteiger partial charge in [-0.15, -0.1) is 10.2 Å². The molecule has 0 radical (unpaired) electrons. The lowest BCUT2D eigenvalue weighted by Gasteiger charge is -2.24. The minimum absolute atomic E-state index is 0.0854. The van der Waals surface area contributed by atoms with Crippen molar-refractivity contribution in [3.05, 3.63) is 65.7 Å². The predicted molar refractivity (Wildman–Crippen MR) is 115 cm³/mol. The third-order valence-electron chi connectivity index (χ3n) is 5.30. The van der Waals surface area contributed by atoms with Crippen LogP contribution in [0.15, 0.2) is 54.6 Å². The molecule has 2 N–H and O–H groups in total. The molecule has 9 heteroatoms. The Labute approximate surface area is 182 Å². The van der Waals surface area contributed by atoms with Crippen molar-refractivity contribution >= 4 is 34.2 Å². The maximum Gasteiger partial charge on any atom is 0.255 e. The van der Waals surface area contributed by atoms with E-state index in [9.17, 15) is 14.4 Å². The lowest BCUT2D eigenvalue weighted by molar-refractivity contribution is -0.127. The second-order valence-corrected chi connectivity index (χ2v) is 8.46. The molecular weight excluding hydrogens is 414 g/mol. The van der Waals surface area contributed by atoms with Crippen LogP contribution in [-0.4, -0.2) is 45.4 Å². The van der Waals surface area contributed by atoms with E-state index in [1.807, 2.05) is 36.4 Å². The molecule has 0 bridgehead atoms. The molecule has 8 nitrogen and oxygen atoms in total. The number of carbonyl (C=O) groups excluding carboxylic acids is 3. The Bertz CT molecular complexity index is 1160. The number of carbonyl (C=O) groups is 3. The third-order valence-corrected chi connectivity index (χ3v) is 6.19. The van der Waals surface area contributed by atoms with Crippen molar-refractivity contribution in [3.63, 3.8) is 0 Å². The number of hydrogen-bond donors (Lipinski definition) is 2. The average molecular weight is 433 g/mol. The van der Waals surface area contributed by atoms with Gasteiger partial charge in [0.1, 0.15) is 11.0 Å². The van der Waals surface area contributed by atoms with Crippen molar-refractivity contribution in [1.29, 1.82) is 0 Å². The average Bonchev–Trinajstić information content (AvgIpc) is 3.45. The molecule has 1 saturated carbocycles. The van der Waals surface area contributed by atoms with Crippen molar-refractivity contribution in [2.24, 2.45) is 0 Å². The number of aromatic nitrogens is 2. The summed E-state index contributed by atoms with van der Waals surface area (Å²) in [5, 5.41) is 14.5. The zero-order chi connectivity index (χ0) is 21.4. The van der Waals surface area contributed by atoms with Gasteiger partial charge in [-0.1, -0.05) is 59.9 Å². The number of amides is 3. The summed E-state index contributed by atoms with van der Waals surface area (Å²) in [6, 6.07) is 16.1. The van der Waals surface area contributed by atoms with E-state index in [1.54, 1.807) is 23.1 Å². The van der Waals surface area contributed by atoms with Crippen molar-refractivity contribution in [2.45, 2.75) is 24.9 Å². The van der Waals surface area contributed by atoms with Crippen molar-refractivity contribution < 1.29 is 14.4 Å². The first-order chi connectivity index (χ1) is 15.1. The molecule has 1 aliphatic heterocycles. The SMILES string of the molecule is O=C(CNC(=O)C1c2ccccc2C(=O)N1C1CC1)Nc1nnc(-c2ccccc2)s1. The summed E-state index contributed by atoms with van der Waals surface area (Å²) in [4.78, 5) is 39.7. The highest BCUT2D eigenvalue weighted by atomic mass is 32.1. The van der Waals surface area contributed by atoms with Crippen LogP contribution in [0.5, 0.6) is 0 Å². The van der Waals surface area contributed by atoms with Gasteiger partial charge in [-0.25, -0.2) is 0 Å². The van der Waals surface area contributed by atoms with Gasteiger partial charge in [0.05, 0.1) is 6.54 Å². The Balaban J connectivity index is 1.23. The maximum atomic E-state index is 12.9. The molecule has 2 aliphatic rings. The lowest BCUT2D eigenvalue weighted by atomic mass is 10.0. The van der Waals surface area contributed by atoms with Gasteiger partial charge in [0, 0.05) is 17.2 Å². The Morgan fingerprint density at radius 2 is 1.77 bits per heavy atom. The topological polar surface area (TPSA) is 104 Å². The smallest absolute Gasteiger partial charge is 0.255 e. The minimum Gasteiger partial charge on any atom is -0.345 e. The van der Waals surface area contributed by atoms with Gasteiger partial charge in [0.2, 0.25) is 16.9 Å². The van der Waals surface area contributed by atoms with Crippen molar-refractivity contribution in [2.75, 3.05) is 11.9 Å². The highest BCUT2D eigenvalue weighted by Crippen LogP contribution is 2.41. The van der Waals surface area contributed by atoms with Crippen LogP contribution in [0.1, 0.15) is 34.8 Å². The predicted octanol–water partition coefficient (Wildman–Crippen LogP) is 2.62. The number of hydrogen-bond acceptors (Lipinski definition) is 6. The number of nitrogens with one attached hydrogen (secondary N) is 2. The molecule has 1 aromatic heterocycles. The standard InChI is InChI=1S/C22H19N5O3S/c28-17(24-22-26-25-20(31-22)13-6-2-1-3-7-13)12-23-19(29)18-15-8-4-5-9-16(15)21(30)27(18)14-10-11-14/h1-9,14,18H,10-12H2,(H,23,29)(H,24,26,28). The van der Waals surface area contributed by atoms with Gasteiger partial charge in [0.15, 0.2) is 0 Å². The van der Waals surface area contributed by atoms with E-state index in [1.165, 1.54) is 11.3 Å². The molecule has 3 amide bonds. The minimum atomic E-state index is -0.699. The van der Waals surface area contributed by atoms with E-state index >= 15 is 0 Å². The highest BCUT2D eigenvalue weighted by Gasteiger charge is 2.47. The first-order valence-electron chi connectivity index (χ1n) is 10.00. The van der Waals surface area contributed by atoms with E-state index in [0.717, 1.165) is 18.4 Å². The summed E-state index contributed by atoms with van der Waals surface area (Å²) in [7, 11) is 0. The molecular formula is C22H19N5O3S. The van der Waals surface area contributed by atoms with Crippen LogP contribution in [0.4, 0.5) is 5.13 Å². The molecule has 31 heavy (non-hydrogen) atoms. The zero-order valence-electron chi connectivity index (χ0n) is 16.4. The third kappa shape index (κ3) is 3.79.